The molecule has 25 heavy (non-hydrogen) atoms. The number of hydrogen-bond acceptors (Lipinski definition) is 6. The molecule has 2 N–H and O–H groups in total. The largest absolute Gasteiger partial charge is 0.341 e. The molecule has 2 aromatic rings. The molecule has 3 rings (SSSR count). The molecule has 0 spiro atoms. The van der Waals surface area contributed by atoms with Gasteiger partial charge in [-0.25, -0.2) is 0 Å². The van der Waals surface area contributed by atoms with Crippen LogP contribution in [-0.2, 0) is 4.79 Å². The van der Waals surface area contributed by atoms with Gasteiger partial charge in [-0.05, 0) is 42.8 Å². The SMILES string of the molecule is CC[C@@H](Nc1nnnn1-c1ccccc1)C(=O)N1C[C@@H](C)N[C@@H](C)C1. The highest BCUT2D eigenvalue weighted by atomic mass is 16.2. The Morgan fingerprint density at radius 2 is 1.96 bits per heavy atom. The molecule has 0 radical (unpaired) electrons. The summed E-state index contributed by atoms with van der Waals surface area (Å²) < 4.78 is 1.61. The Bertz CT molecular complexity index is 692. The van der Waals surface area contributed by atoms with Crippen molar-refractivity contribution in [2.75, 3.05) is 18.4 Å². The van der Waals surface area contributed by atoms with Crippen LogP contribution in [0.3, 0.4) is 0 Å². The summed E-state index contributed by atoms with van der Waals surface area (Å²) in [6.07, 6.45) is 0.660. The van der Waals surface area contributed by atoms with Crippen molar-refractivity contribution in [3.8, 4) is 5.69 Å². The van der Waals surface area contributed by atoms with Gasteiger partial charge < -0.3 is 15.5 Å². The van der Waals surface area contributed by atoms with Crippen molar-refractivity contribution in [2.24, 2.45) is 0 Å². The summed E-state index contributed by atoms with van der Waals surface area (Å²) in [6, 6.07) is 9.85. The van der Waals surface area contributed by atoms with E-state index in [-0.39, 0.29) is 11.9 Å². The first kappa shape index (κ1) is 17.3. The minimum Gasteiger partial charge on any atom is -0.341 e. The average molecular weight is 343 g/mol. The zero-order chi connectivity index (χ0) is 17.8. The standard InChI is InChI=1S/C17H25N7O/c1-4-15(16(25)23-10-12(2)18-13(3)11-23)19-17-20-21-22-24(17)14-8-6-5-7-9-14/h5-9,12-13,15,18H,4,10-11H2,1-3H3,(H,19,20,22)/t12-,13+,15-/m1/s1. The lowest BCUT2D eigenvalue weighted by Crippen LogP contribution is -2.58. The minimum absolute atomic E-state index is 0.0883. The predicted octanol–water partition coefficient (Wildman–Crippen LogP) is 1.06. The second-order valence-corrected chi connectivity index (χ2v) is 6.57. The first-order valence-electron chi connectivity index (χ1n) is 8.73. The van der Waals surface area contributed by atoms with Crippen LogP contribution in [0.15, 0.2) is 30.3 Å². The summed E-state index contributed by atoms with van der Waals surface area (Å²) in [7, 11) is 0. The first-order chi connectivity index (χ1) is 12.1. The van der Waals surface area contributed by atoms with Crippen molar-refractivity contribution < 1.29 is 4.79 Å². The average Bonchev–Trinajstić information content (AvgIpc) is 3.07. The predicted molar refractivity (Wildman–Crippen MR) is 95.5 cm³/mol. The Morgan fingerprint density at radius 3 is 2.60 bits per heavy atom. The molecule has 0 saturated carbocycles. The number of nitrogens with zero attached hydrogens (tertiary/aromatic N) is 5. The van der Waals surface area contributed by atoms with E-state index < -0.39 is 0 Å². The maximum atomic E-state index is 13.0. The van der Waals surface area contributed by atoms with Crippen LogP contribution in [0.1, 0.15) is 27.2 Å². The molecule has 2 heterocycles. The number of carbonyl (C=O) groups is 1. The van der Waals surface area contributed by atoms with Gasteiger partial charge in [-0.15, -0.1) is 0 Å². The van der Waals surface area contributed by atoms with E-state index >= 15 is 0 Å². The lowest BCUT2D eigenvalue weighted by molar-refractivity contribution is -0.133. The van der Waals surface area contributed by atoms with Crippen LogP contribution >= 0.6 is 0 Å². The highest BCUT2D eigenvalue weighted by Gasteiger charge is 2.30. The number of piperazine rings is 1. The molecular formula is C17H25N7O. The van der Waals surface area contributed by atoms with E-state index in [0.717, 1.165) is 5.69 Å². The smallest absolute Gasteiger partial charge is 0.248 e. The highest BCUT2D eigenvalue weighted by molar-refractivity contribution is 5.84. The van der Waals surface area contributed by atoms with Crippen molar-refractivity contribution in [1.82, 2.24) is 30.4 Å². The minimum atomic E-state index is -0.356. The van der Waals surface area contributed by atoms with Crippen LogP contribution in [0.25, 0.3) is 5.69 Å². The molecule has 1 aromatic heterocycles. The molecule has 1 amide bonds. The van der Waals surface area contributed by atoms with Gasteiger partial charge >= 0.3 is 0 Å². The van der Waals surface area contributed by atoms with Gasteiger partial charge in [0.15, 0.2) is 0 Å². The van der Waals surface area contributed by atoms with Crippen LogP contribution in [0.4, 0.5) is 5.95 Å². The van der Waals surface area contributed by atoms with Crippen molar-refractivity contribution in [3.63, 3.8) is 0 Å². The number of para-hydroxylation sites is 1. The molecule has 3 atom stereocenters. The number of nitrogens with one attached hydrogen (secondary N) is 2. The number of benzene rings is 1. The molecule has 0 unspecified atom stereocenters. The number of anilines is 1. The summed E-state index contributed by atoms with van der Waals surface area (Å²) in [5.41, 5.74) is 0.849. The molecule has 1 saturated heterocycles. The van der Waals surface area contributed by atoms with Gasteiger partial charge in [-0.2, -0.15) is 4.68 Å². The summed E-state index contributed by atoms with van der Waals surface area (Å²) in [4.78, 5) is 14.9. The highest BCUT2D eigenvalue weighted by Crippen LogP contribution is 2.15. The van der Waals surface area contributed by atoms with E-state index in [1.807, 2.05) is 42.2 Å². The fraction of sp³-hybridized carbons (Fsp3) is 0.529. The molecule has 8 nitrogen and oxygen atoms in total. The first-order valence-corrected chi connectivity index (χ1v) is 8.73. The van der Waals surface area contributed by atoms with Gasteiger partial charge in [0.25, 0.3) is 0 Å². The molecule has 1 aromatic carbocycles. The maximum Gasteiger partial charge on any atom is 0.248 e. The van der Waals surface area contributed by atoms with Crippen LogP contribution in [0.5, 0.6) is 0 Å². The van der Waals surface area contributed by atoms with Gasteiger partial charge in [0.05, 0.1) is 5.69 Å². The Morgan fingerprint density at radius 1 is 1.28 bits per heavy atom. The maximum absolute atomic E-state index is 13.0. The molecule has 1 aliphatic rings. The Labute approximate surface area is 147 Å². The number of rotatable bonds is 5. The third kappa shape index (κ3) is 3.96. The van der Waals surface area contributed by atoms with Gasteiger partial charge in [0.2, 0.25) is 11.9 Å². The van der Waals surface area contributed by atoms with Crippen LogP contribution in [-0.4, -0.2) is 62.2 Å². The second-order valence-electron chi connectivity index (χ2n) is 6.57. The van der Waals surface area contributed by atoms with E-state index in [0.29, 0.717) is 37.5 Å². The Hall–Kier alpha value is -2.48. The third-order valence-corrected chi connectivity index (χ3v) is 4.35. The zero-order valence-corrected chi connectivity index (χ0v) is 14.9. The fourth-order valence-corrected chi connectivity index (χ4v) is 3.24. The zero-order valence-electron chi connectivity index (χ0n) is 14.9. The molecule has 0 bridgehead atoms. The van der Waals surface area contributed by atoms with Gasteiger partial charge in [-0.1, -0.05) is 30.2 Å². The van der Waals surface area contributed by atoms with E-state index in [9.17, 15) is 4.79 Å². The third-order valence-electron chi connectivity index (χ3n) is 4.35. The van der Waals surface area contributed by atoms with E-state index in [2.05, 4.69) is 40.0 Å². The molecule has 1 aliphatic heterocycles. The summed E-state index contributed by atoms with van der Waals surface area (Å²) in [6.45, 7) is 7.61. The molecular weight excluding hydrogens is 318 g/mol. The van der Waals surface area contributed by atoms with Crippen molar-refractivity contribution in [3.05, 3.63) is 30.3 Å². The van der Waals surface area contributed by atoms with Gasteiger partial charge in [0.1, 0.15) is 6.04 Å². The quantitative estimate of drug-likeness (QED) is 0.844. The lowest BCUT2D eigenvalue weighted by atomic mass is 10.1. The van der Waals surface area contributed by atoms with Crippen molar-refractivity contribution >= 4 is 11.9 Å². The summed E-state index contributed by atoms with van der Waals surface area (Å²) in [5, 5.41) is 18.5. The Kier molecular flexibility index (Phi) is 5.28. The summed E-state index contributed by atoms with van der Waals surface area (Å²) in [5.74, 6) is 0.563. The van der Waals surface area contributed by atoms with E-state index in [1.54, 1.807) is 4.68 Å². The van der Waals surface area contributed by atoms with E-state index in [1.165, 1.54) is 0 Å². The van der Waals surface area contributed by atoms with Gasteiger partial charge in [-0.3, -0.25) is 4.79 Å². The summed E-state index contributed by atoms with van der Waals surface area (Å²) >= 11 is 0. The number of carbonyl (C=O) groups excluding carboxylic acids is 1. The molecule has 1 fully saturated rings. The Balaban J connectivity index is 1.75. The normalized spacial score (nSPS) is 21.8. The van der Waals surface area contributed by atoms with Crippen LogP contribution in [0, 0.1) is 0 Å². The number of aromatic nitrogens is 4. The fourth-order valence-electron chi connectivity index (χ4n) is 3.24. The van der Waals surface area contributed by atoms with Crippen LogP contribution in [0.2, 0.25) is 0 Å². The number of amides is 1. The molecule has 8 heteroatoms. The lowest BCUT2D eigenvalue weighted by Gasteiger charge is -2.37. The number of tetrazole rings is 1. The van der Waals surface area contributed by atoms with Crippen LogP contribution < -0.4 is 10.6 Å². The molecule has 134 valence electrons. The van der Waals surface area contributed by atoms with Crippen molar-refractivity contribution in [1.29, 1.82) is 0 Å². The van der Waals surface area contributed by atoms with Gasteiger partial charge in [0, 0.05) is 25.2 Å². The molecule has 0 aliphatic carbocycles. The van der Waals surface area contributed by atoms with E-state index in [4.69, 9.17) is 0 Å². The van der Waals surface area contributed by atoms with Crippen molar-refractivity contribution in [2.45, 2.75) is 45.3 Å². The number of hydrogen-bond donors (Lipinski definition) is 2. The second kappa shape index (κ2) is 7.60. The topological polar surface area (TPSA) is 88.0 Å². The monoisotopic (exact) mass is 343 g/mol.